The molecule has 4 nitrogen and oxygen atoms in total. The monoisotopic (exact) mass is 213 g/mol. The molecule has 0 spiro atoms. The van der Waals surface area contributed by atoms with Gasteiger partial charge >= 0.3 is 0 Å². The molecule has 1 aromatic heterocycles. The molecule has 5 heteroatoms. The van der Waals surface area contributed by atoms with Gasteiger partial charge in [0.25, 0.3) is 5.91 Å². The van der Waals surface area contributed by atoms with Crippen molar-refractivity contribution in [1.29, 1.82) is 0 Å². The Morgan fingerprint density at radius 2 is 2.36 bits per heavy atom. The van der Waals surface area contributed by atoms with Gasteiger partial charge in [0.2, 0.25) is 0 Å². The van der Waals surface area contributed by atoms with Crippen LogP contribution in [0.3, 0.4) is 0 Å². The van der Waals surface area contributed by atoms with Gasteiger partial charge in [-0.15, -0.1) is 0 Å². The average Bonchev–Trinajstić information content (AvgIpc) is 2.15. The lowest BCUT2D eigenvalue weighted by atomic mass is 10.2. The maximum atomic E-state index is 10.7. The smallest absolute Gasteiger partial charge is 0.268 e. The van der Waals surface area contributed by atoms with E-state index < -0.39 is 5.91 Å². The summed E-state index contributed by atoms with van der Waals surface area (Å²) in [6, 6.07) is 0. The van der Waals surface area contributed by atoms with Crippen LogP contribution in [-0.2, 0) is 6.42 Å². The molecule has 1 heterocycles. The van der Waals surface area contributed by atoms with Gasteiger partial charge in [0, 0.05) is 0 Å². The van der Waals surface area contributed by atoms with Crippen molar-refractivity contribution in [3.05, 3.63) is 22.7 Å². The minimum atomic E-state index is -0.610. The maximum absolute atomic E-state index is 10.7. The number of primary amides is 1. The Kier molecular flexibility index (Phi) is 3.83. The molecule has 1 aromatic rings. The highest BCUT2D eigenvalue weighted by Crippen LogP contribution is 2.13. The van der Waals surface area contributed by atoms with E-state index in [2.05, 4.69) is 16.9 Å². The fourth-order valence-corrected chi connectivity index (χ4v) is 1.26. The molecule has 14 heavy (non-hydrogen) atoms. The number of carbonyl (C=O) groups excluding carboxylic acids is 1. The van der Waals surface area contributed by atoms with Crippen molar-refractivity contribution in [2.75, 3.05) is 0 Å². The molecule has 1 rings (SSSR count). The molecule has 76 valence electrons. The quantitative estimate of drug-likeness (QED) is 0.826. The topological polar surface area (TPSA) is 68.9 Å². The second-order valence-electron chi connectivity index (χ2n) is 2.96. The van der Waals surface area contributed by atoms with E-state index >= 15 is 0 Å². The average molecular weight is 214 g/mol. The van der Waals surface area contributed by atoms with Crippen molar-refractivity contribution < 1.29 is 4.79 Å². The lowest BCUT2D eigenvalue weighted by molar-refractivity contribution is 0.0995. The summed E-state index contributed by atoms with van der Waals surface area (Å²) in [7, 11) is 0. The standard InChI is InChI=1S/C9H12ClN3O/c1-2-3-4-6-8(10)13-7(5-12-6)9(11)14/h5H,2-4H2,1H3,(H2,11,14). The van der Waals surface area contributed by atoms with Crippen LogP contribution in [0, 0.1) is 0 Å². The number of hydrogen-bond acceptors (Lipinski definition) is 3. The molecule has 1 amide bonds. The summed E-state index contributed by atoms with van der Waals surface area (Å²) in [5.41, 5.74) is 5.86. The lowest BCUT2D eigenvalue weighted by Gasteiger charge is -2.02. The molecule has 0 unspecified atom stereocenters. The molecule has 0 saturated carbocycles. The number of nitrogens with two attached hydrogens (primary N) is 1. The van der Waals surface area contributed by atoms with Crippen LogP contribution in [0.25, 0.3) is 0 Å². The van der Waals surface area contributed by atoms with Gasteiger partial charge in [0.15, 0.2) is 5.15 Å². The van der Waals surface area contributed by atoms with Crippen LogP contribution in [-0.4, -0.2) is 15.9 Å². The fraction of sp³-hybridized carbons (Fsp3) is 0.444. The van der Waals surface area contributed by atoms with Gasteiger partial charge in [0.1, 0.15) is 5.69 Å². The number of aromatic nitrogens is 2. The molecule has 0 aliphatic heterocycles. The number of rotatable bonds is 4. The second-order valence-corrected chi connectivity index (χ2v) is 3.32. The largest absolute Gasteiger partial charge is 0.364 e. The summed E-state index contributed by atoms with van der Waals surface area (Å²) in [6.07, 6.45) is 4.21. The Labute approximate surface area is 87.5 Å². The lowest BCUT2D eigenvalue weighted by Crippen LogP contribution is -2.14. The molecule has 0 fully saturated rings. The third-order valence-electron chi connectivity index (χ3n) is 1.82. The number of halogens is 1. The van der Waals surface area contributed by atoms with E-state index in [0.29, 0.717) is 0 Å². The number of carbonyl (C=O) groups is 1. The summed E-state index contributed by atoms with van der Waals surface area (Å²) >= 11 is 5.83. The molecule has 0 aliphatic carbocycles. The Balaban J connectivity index is 2.84. The van der Waals surface area contributed by atoms with E-state index in [1.54, 1.807) is 0 Å². The number of amides is 1. The van der Waals surface area contributed by atoms with E-state index in [1.165, 1.54) is 6.20 Å². The first-order valence-electron chi connectivity index (χ1n) is 4.46. The van der Waals surface area contributed by atoms with E-state index in [0.717, 1.165) is 25.0 Å². The molecule has 2 N–H and O–H groups in total. The van der Waals surface area contributed by atoms with Crippen molar-refractivity contribution in [2.45, 2.75) is 26.2 Å². The molecule has 0 saturated heterocycles. The second kappa shape index (κ2) is 4.91. The minimum Gasteiger partial charge on any atom is -0.364 e. The van der Waals surface area contributed by atoms with Crippen LogP contribution >= 0.6 is 11.6 Å². The van der Waals surface area contributed by atoms with Crippen LogP contribution in [0.5, 0.6) is 0 Å². The SMILES string of the molecule is CCCCc1ncc(C(N)=O)nc1Cl. The molecular weight excluding hydrogens is 202 g/mol. The van der Waals surface area contributed by atoms with Crippen molar-refractivity contribution in [3.8, 4) is 0 Å². The zero-order valence-electron chi connectivity index (χ0n) is 7.96. The zero-order chi connectivity index (χ0) is 10.6. The molecular formula is C9H12ClN3O. The molecule has 0 radical (unpaired) electrons. The van der Waals surface area contributed by atoms with Crippen LogP contribution in [0.1, 0.15) is 35.9 Å². The Hall–Kier alpha value is -1.16. The first kappa shape index (κ1) is 10.9. The zero-order valence-corrected chi connectivity index (χ0v) is 8.71. The first-order chi connectivity index (χ1) is 6.65. The minimum absolute atomic E-state index is 0.107. The van der Waals surface area contributed by atoms with Gasteiger partial charge in [-0.05, 0) is 12.8 Å². The van der Waals surface area contributed by atoms with E-state index in [1.807, 2.05) is 0 Å². The number of nitrogens with zero attached hydrogens (tertiary/aromatic N) is 2. The first-order valence-corrected chi connectivity index (χ1v) is 4.84. The van der Waals surface area contributed by atoms with E-state index in [4.69, 9.17) is 17.3 Å². The van der Waals surface area contributed by atoms with Gasteiger partial charge < -0.3 is 5.73 Å². The highest BCUT2D eigenvalue weighted by molar-refractivity contribution is 6.30. The summed E-state index contributed by atoms with van der Waals surface area (Å²) in [5.74, 6) is -0.610. The maximum Gasteiger partial charge on any atom is 0.268 e. The molecule has 0 atom stereocenters. The van der Waals surface area contributed by atoms with E-state index in [-0.39, 0.29) is 10.8 Å². The Morgan fingerprint density at radius 3 is 2.86 bits per heavy atom. The van der Waals surface area contributed by atoms with Gasteiger partial charge in [-0.25, -0.2) is 4.98 Å². The highest BCUT2D eigenvalue weighted by atomic mass is 35.5. The van der Waals surface area contributed by atoms with Gasteiger partial charge in [0.05, 0.1) is 11.9 Å². The number of hydrogen-bond donors (Lipinski definition) is 1. The molecule has 0 aliphatic rings. The van der Waals surface area contributed by atoms with E-state index in [9.17, 15) is 4.79 Å². The fourth-order valence-electron chi connectivity index (χ4n) is 1.02. The van der Waals surface area contributed by atoms with Crippen molar-refractivity contribution >= 4 is 17.5 Å². The van der Waals surface area contributed by atoms with Crippen molar-refractivity contribution in [3.63, 3.8) is 0 Å². The van der Waals surface area contributed by atoms with Gasteiger partial charge in [-0.3, -0.25) is 9.78 Å². The van der Waals surface area contributed by atoms with Crippen LogP contribution in [0.15, 0.2) is 6.20 Å². The number of aryl methyl sites for hydroxylation is 1. The Morgan fingerprint density at radius 1 is 1.64 bits per heavy atom. The summed E-state index contributed by atoms with van der Waals surface area (Å²) < 4.78 is 0. The third kappa shape index (κ3) is 2.67. The van der Waals surface area contributed by atoms with Gasteiger partial charge in [-0.1, -0.05) is 24.9 Å². The predicted octanol–water partition coefficient (Wildman–Crippen LogP) is 1.57. The van der Waals surface area contributed by atoms with Crippen LogP contribution < -0.4 is 5.73 Å². The normalized spacial score (nSPS) is 10.1. The van der Waals surface area contributed by atoms with Crippen molar-refractivity contribution in [2.24, 2.45) is 5.73 Å². The number of unbranched alkanes of at least 4 members (excludes halogenated alkanes) is 1. The summed E-state index contributed by atoms with van der Waals surface area (Å²) in [6.45, 7) is 2.08. The molecule has 0 bridgehead atoms. The summed E-state index contributed by atoms with van der Waals surface area (Å²) in [5, 5.41) is 0.273. The van der Waals surface area contributed by atoms with Gasteiger partial charge in [-0.2, -0.15) is 0 Å². The van der Waals surface area contributed by atoms with Crippen LogP contribution in [0.4, 0.5) is 0 Å². The van der Waals surface area contributed by atoms with Crippen LogP contribution in [0.2, 0.25) is 5.15 Å². The van der Waals surface area contributed by atoms with Crippen molar-refractivity contribution in [1.82, 2.24) is 9.97 Å². The highest BCUT2D eigenvalue weighted by Gasteiger charge is 2.08. The Bertz CT molecular complexity index is 341. The predicted molar refractivity (Wildman–Crippen MR) is 54.2 cm³/mol. The molecule has 0 aromatic carbocycles. The third-order valence-corrected chi connectivity index (χ3v) is 2.12. The summed E-state index contributed by atoms with van der Waals surface area (Å²) in [4.78, 5) is 18.6.